The lowest BCUT2D eigenvalue weighted by Gasteiger charge is -2.19. The van der Waals surface area contributed by atoms with E-state index in [4.69, 9.17) is 0 Å². The van der Waals surface area contributed by atoms with Gasteiger partial charge in [-0.25, -0.2) is 4.98 Å². The predicted octanol–water partition coefficient (Wildman–Crippen LogP) is 4.53. The van der Waals surface area contributed by atoms with Crippen LogP contribution in [0, 0.1) is 0 Å². The Labute approximate surface area is 166 Å². The van der Waals surface area contributed by atoms with Gasteiger partial charge in [0.25, 0.3) is 5.91 Å². The molecule has 3 aromatic rings. The summed E-state index contributed by atoms with van der Waals surface area (Å²) in [7, 11) is 1.99. The van der Waals surface area contributed by atoms with Gasteiger partial charge < -0.3 is 10.2 Å². The Kier molecular flexibility index (Phi) is 6.37. The molecule has 0 aliphatic heterocycles. The first-order valence-corrected chi connectivity index (χ1v) is 9.51. The Balaban J connectivity index is 1.69. The van der Waals surface area contributed by atoms with Gasteiger partial charge in [-0.2, -0.15) is 0 Å². The molecule has 2 aromatic heterocycles. The number of likely N-dealkylation sites (N-methyl/N-ethyl adjacent to an activating group) is 1. The van der Waals surface area contributed by atoms with Crippen molar-refractivity contribution in [1.82, 2.24) is 9.97 Å². The van der Waals surface area contributed by atoms with Gasteiger partial charge in [-0.3, -0.25) is 9.78 Å². The van der Waals surface area contributed by atoms with Crippen molar-refractivity contribution in [1.29, 1.82) is 0 Å². The molecule has 144 valence electrons. The highest BCUT2D eigenvalue weighted by Crippen LogP contribution is 2.24. The fourth-order valence-electron chi connectivity index (χ4n) is 3.04. The van der Waals surface area contributed by atoms with Crippen LogP contribution in [0.5, 0.6) is 0 Å². The molecule has 1 aromatic carbocycles. The van der Waals surface area contributed by atoms with E-state index in [1.54, 1.807) is 24.7 Å². The Morgan fingerprint density at radius 2 is 1.82 bits per heavy atom. The summed E-state index contributed by atoms with van der Waals surface area (Å²) < 4.78 is 0. The summed E-state index contributed by atoms with van der Waals surface area (Å²) in [4.78, 5) is 23.3. The number of hydrogen-bond acceptors (Lipinski definition) is 4. The molecule has 5 heteroatoms. The van der Waals surface area contributed by atoms with Crippen LogP contribution in [0.25, 0.3) is 0 Å². The summed E-state index contributed by atoms with van der Waals surface area (Å²) in [6.07, 6.45) is 6.17. The SMILES string of the molecule is CC(C)c1ccccc1NC(=O)c1ccnc(N(C)CCc2ccncc2)c1. The molecule has 0 aliphatic rings. The largest absolute Gasteiger partial charge is 0.359 e. The molecular weight excluding hydrogens is 348 g/mol. The molecule has 1 amide bonds. The van der Waals surface area contributed by atoms with Crippen LogP contribution in [-0.2, 0) is 6.42 Å². The van der Waals surface area contributed by atoms with Crippen molar-refractivity contribution in [3.8, 4) is 0 Å². The first-order valence-electron chi connectivity index (χ1n) is 9.51. The third-order valence-electron chi connectivity index (χ3n) is 4.72. The van der Waals surface area contributed by atoms with Crippen LogP contribution >= 0.6 is 0 Å². The van der Waals surface area contributed by atoms with Gasteiger partial charge in [0.2, 0.25) is 0 Å². The number of nitrogens with one attached hydrogen (secondary N) is 1. The minimum Gasteiger partial charge on any atom is -0.359 e. The van der Waals surface area contributed by atoms with Crippen LogP contribution in [0.1, 0.15) is 41.3 Å². The number of hydrogen-bond donors (Lipinski definition) is 1. The van der Waals surface area contributed by atoms with Gasteiger partial charge in [-0.05, 0) is 53.8 Å². The topological polar surface area (TPSA) is 58.1 Å². The van der Waals surface area contributed by atoms with E-state index in [2.05, 4.69) is 34.0 Å². The van der Waals surface area contributed by atoms with E-state index < -0.39 is 0 Å². The smallest absolute Gasteiger partial charge is 0.255 e. The van der Waals surface area contributed by atoms with Crippen LogP contribution in [0.15, 0.2) is 67.1 Å². The highest BCUT2D eigenvalue weighted by Gasteiger charge is 2.13. The Morgan fingerprint density at radius 1 is 1.07 bits per heavy atom. The second-order valence-electron chi connectivity index (χ2n) is 7.13. The molecule has 0 radical (unpaired) electrons. The molecule has 0 unspecified atom stereocenters. The first-order chi connectivity index (χ1) is 13.5. The molecule has 28 heavy (non-hydrogen) atoms. The molecule has 0 atom stereocenters. The van der Waals surface area contributed by atoms with E-state index in [0.29, 0.717) is 11.5 Å². The fourth-order valence-corrected chi connectivity index (χ4v) is 3.04. The second-order valence-corrected chi connectivity index (χ2v) is 7.13. The number of anilines is 2. The normalized spacial score (nSPS) is 10.7. The predicted molar refractivity (Wildman–Crippen MR) is 114 cm³/mol. The van der Waals surface area contributed by atoms with Gasteiger partial charge in [-0.15, -0.1) is 0 Å². The number of benzene rings is 1. The zero-order valence-corrected chi connectivity index (χ0v) is 16.6. The van der Waals surface area contributed by atoms with E-state index in [-0.39, 0.29) is 5.91 Å². The maximum atomic E-state index is 12.8. The van der Waals surface area contributed by atoms with Gasteiger partial charge in [0.1, 0.15) is 5.82 Å². The molecular formula is C23H26N4O. The van der Waals surface area contributed by atoms with Crippen LogP contribution in [0.3, 0.4) is 0 Å². The molecule has 0 saturated heterocycles. The van der Waals surface area contributed by atoms with Crippen LogP contribution < -0.4 is 10.2 Å². The van der Waals surface area contributed by atoms with Crippen molar-refractivity contribution >= 4 is 17.4 Å². The van der Waals surface area contributed by atoms with Crippen LogP contribution in [0.4, 0.5) is 11.5 Å². The lowest BCUT2D eigenvalue weighted by atomic mass is 10.0. The summed E-state index contributed by atoms with van der Waals surface area (Å²) in [5.41, 5.74) is 3.80. The number of rotatable bonds is 7. The number of carbonyl (C=O) groups is 1. The average molecular weight is 374 g/mol. The monoisotopic (exact) mass is 374 g/mol. The summed E-state index contributed by atoms with van der Waals surface area (Å²) in [6.45, 7) is 5.04. The Hall–Kier alpha value is -3.21. The van der Waals surface area contributed by atoms with Gasteiger partial charge in [0.05, 0.1) is 0 Å². The van der Waals surface area contributed by atoms with Crippen molar-refractivity contribution in [3.63, 3.8) is 0 Å². The zero-order valence-electron chi connectivity index (χ0n) is 16.6. The number of carbonyl (C=O) groups excluding carboxylic acids is 1. The third-order valence-corrected chi connectivity index (χ3v) is 4.72. The first kappa shape index (κ1) is 19.5. The summed E-state index contributed by atoms with van der Waals surface area (Å²) >= 11 is 0. The average Bonchev–Trinajstić information content (AvgIpc) is 2.73. The van der Waals surface area contributed by atoms with Crippen molar-refractivity contribution in [2.75, 3.05) is 23.8 Å². The zero-order chi connectivity index (χ0) is 19.9. The van der Waals surface area contributed by atoms with Crippen LogP contribution in [-0.4, -0.2) is 29.5 Å². The Morgan fingerprint density at radius 3 is 2.57 bits per heavy atom. The molecule has 0 saturated carbocycles. The lowest BCUT2D eigenvalue weighted by Crippen LogP contribution is -2.22. The maximum Gasteiger partial charge on any atom is 0.255 e. The molecule has 0 aliphatic carbocycles. The molecule has 0 fully saturated rings. The van der Waals surface area contributed by atoms with Gasteiger partial charge in [-0.1, -0.05) is 32.0 Å². The van der Waals surface area contributed by atoms with E-state index in [9.17, 15) is 4.79 Å². The summed E-state index contributed by atoms with van der Waals surface area (Å²) in [5.74, 6) is 0.988. The van der Waals surface area contributed by atoms with E-state index >= 15 is 0 Å². The lowest BCUT2D eigenvalue weighted by molar-refractivity contribution is 0.102. The van der Waals surface area contributed by atoms with Crippen molar-refractivity contribution in [2.45, 2.75) is 26.2 Å². The Bertz CT molecular complexity index is 925. The minimum absolute atomic E-state index is 0.126. The van der Waals surface area contributed by atoms with E-state index in [1.807, 2.05) is 49.5 Å². The molecule has 5 nitrogen and oxygen atoms in total. The van der Waals surface area contributed by atoms with Crippen molar-refractivity contribution in [2.24, 2.45) is 0 Å². The second kappa shape index (κ2) is 9.13. The van der Waals surface area contributed by atoms with Crippen molar-refractivity contribution in [3.05, 3.63) is 83.8 Å². The van der Waals surface area contributed by atoms with Crippen molar-refractivity contribution < 1.29 is 4.79 Å². The highest BCUT2D eigenvalue weighted by molar-refractivity contribution is 6.05. The summed E-state index contributed by atoms with van der Waals surface area (Å²) in [6, 6.07) is 15.5. The molecule has 1 N–H and O–H groups in total. The molecule has 2 heterocycles. The summed E-state index contributed by atoms with van der Waals surface area (Å²) in [5, 5.41) is 3.04. The minimum atomic E-state index is -0.126. The number of amides is 1. The number of para-hydroxylation sites is 1. The standard InChI is InChI=1S/C23H26N4O/c1-17(2)20-6-4-5-7-21(20)26-23(28)19-10-14-25-22(16-19)27(3)15-11-18-8-12-24-13-9-18/h4-10,12-14,16-17H,11,15H2,1-3H3,(H,26,28). The number of nitrogens with zero attached hydrogens (tertiary/aromatic N) is 3. The quantitative estimate of drug-likeness (QED) is 0.660. The fraction of sp³-hybridized carbons (Fsp3) is 0.261. The van der Waals surface area contributed by atoms with Gasteiger partial charge in [0.15, 0.2) is 0 Å². The number of aromatic nitrogens is 2. The maximum absolute atomic E-state index is 12.8. The highest BCUT2D eigenvalue weighted by atomic mass is 16.1. The van der Waals surface area contributed by atoms with E-state index in [0.717, 1.165) is 30.0 Å². The molecule has 3 rings (SSSR count). The molecule has 0 spiro atoms. The number of pyridine rings is 2. The molecule has 0 bridgehead atoms. The van der Waals surface area contributed by atoms with E-state index in [1.165, 1.54) is 5.56 Å². The van der Waals surface area contributed by atoms with Crippen LogP contribution in [0.2, 0.25) is 0 Å². The third kappa shape index (κ3) is 4.94. The van der Waals surface area contributed by atoms with Gasteiger partial charge >= 0.3 is 0 Å². The van der Waals surface area contributed by atoms with Gasteiger partial charge in [0, 0.05) is 43.4 Å².